The number of nitriles is 1. The van der Waals surface area contributed by atoms with E-state index in [0.29, 0.717) is 5.56 Å². The number of hydrogen-bond acceptors (Lipinski definition) is 4. The molecule has 1 saturated heterocycles. The van der Waals surface area contributed by atoms with Crippen molar-refractivity contribution >= 4 is 10.9 Å². The monoisotopic (exact) mass is 370 g/mol. The summed E-state index contributed by atoms with van der Waals surface area (Å²) in [7, 11) is 0. The van der Waals surface area contributed by atoms with E-state index in [1.54, 1.807) is 0 Å². The Morgan fingerprint density at radius 1 is 0.964 bits per heavy atom. The fraction of sp³-hybridized carbons (Fsp3) is 0.333. The van der Waals surface area contributed by atoms with Crippen molar-refractivity contribution in [2.24, 2.45) is 0 Å². The van der Waals surface area contributed by atoms with Gasteiger partial charge in [-0.3, -0.25) is 0 Å². The molecule has 142 valence electrons. The van der Waals surface area contributed by atoms with Crippen LogP contribution in [0.15, 0.2) is 54.6 Å². The van der Waals surface area contributed by atoms with Crippen LogP contribution in [0.5, 0.6) is 0 Å². The minimum absolute atomic E-state index is 0.625. The lowest BCUT2D eigenvalue weighted by molar-refractivity contribution is 0.138. The van der Waals surface area contributed by atoms with E-state index in [1.807, 2.05) is 30.3 Å². The number of para-hydroxylation sites is 1. The zero-order valence-corrected chi connectivity index (χ0v) is 16.4. The summed E-state index contributed by atoms with van der Waals surface area (Å²) in [6, 6.07) is 20.7. The van der Waals surface area contributed by atoms with E-state index in [1.165, 1.54) is 31.7 Å². The molecular formula is C24H26N4. The number of benzene rings is 2. The summed E-state index contributed by atoms with van der Waals surface area (Å²) in [5.74, 6) is 0. The first-order chi connectivity index (χ1) is 13.8. The Balaban J connectivity index is 1.46. The third-order valence-corrected chi connectivity index (χ3v) is 5.70. The molecule has 3 aromatic rings. The Morgan fingerprint density at radius 2 is 1.68 bits per heavy atom. The van der Waals surface area contributed by atoms with Crippen LogP contribution in [0.3, 0.4) is 0 Å². The highest BCUT2D eigenvalue weighted by atomic mass is 15.3. The molecule has 0 radical (unpaired) electrons. The van der Waals surface area contributed by atoms with E-state index in [2.05, 4.69) is 47.1 Å². The molecule has 28 heavy (non-hydrogen) atoms. The van der Waals surface area contributed by atoms with Crippen LogP contribution >= 0.6 is 0 Å². The summed E-state index contributed by atoms with van der Waals surface area (Å²) in [6.45, 7) is 9.19. The van der Waals surface area contributed by atoms with Crippen molar-refractivity contribution in [2.75, 3.05) is 39.3 Å². The van der Waals surface area contributed by atoms with E-state index in [0.717, 1.165) is 41.7 Å². The lowest BCUT2D eigenvalue weighted by atomic mass is 10.0. The quantitative estimate of drug-likeness (QED) is 0.682. The Hall–Kier alpha value is -2.74. The molecule has 0 unspecified atom stereocenters. The standard InChI is InChI=1S/C24H26N4/c1-2-27-13-15-28(16-14-27)12-11-19-7-9-20(10-8-19)24-22(18-25)17-21-5-3-4-6-23(21)26-24/h3-10,17H,2,11-16H2,1H3. The lowest BCUT2D eigenvalue weighted by Gasteiger charge is -2.34. The van der Waals surface area contributed by atoms with Gasteiger partial charge in [0.05, 0.1) is 16.8 Å². The first-order valence-electron chi connectivity index (χ1n) is 10.1. The topological polar surface area (TPSA) is 43.2 Å². The van der Waals surface area contributed by atoms with Crippen LogP contribution in [-0.2, 0) is 6.42 Å². The number of fused-ring (bicyclic) bond motifs is 1. The first-order valence-corrected chi connectivity index (χ1v) is 10.1. The molecule has 0 amide bonds. The molecule has 2 aromatic carbocycles. The van der Waals surface area contributed by atoms with Crippen LogP contribution in [0.4, 0.5) is 0 Å². The largest absolute Gasteiger partial charge is 0.301 e. The van der Waals surface area contributed by atoms with Gasteiger partial charge in [0.2, 0.25) is 0 Å². The highest BCUT2D eigenvalue weighted by Gasteiger charge is 2.15. The third kappa shape index (κ3) is 4.06. The van der Waals surface area contributed by atoms with Crippen LogP contribution in [0, 0.1) is 11.3 Å². The number of aromatic nitrogens is 1. The Labute approximate surface area is 167 Å². The fourth-order valence-corrected chi connectivity index (χ4v) is 3.87. The minimum Gasteiger partial charge on any atom is -0.301 e. The van der Waals surface area contributed by atoms with Gasteiger partial charge < -0.3 is 9.80 Å². The van der Waals surface area contributed by atoms with Crippen LogP contribution in [0.2, 0.25) is 0 Å². The second-order valence-electron chi connectivity index (χ2n) is 7.41. The smallest absolute Gasteiger partial charge is 0.101 e. The number of nitrogens with zero attached hydrogens (tertiary/aromatic N) is 4. The van der Waals surface area contributed by atoms with Crippen LogP contribution in [0.1, 0.15) is 18.1 Å². The molecule has 0 atom stereocenters. The Morgan fingerprint density at radius 3 is 2.39 bits per heavy atom. The average Bonchev–Trinajstić information content (AvgIpc) is 2.77. The molecule has 2 heterocycles. The molecule has 0 saturated carbocycles. The Kier molecular flexibility index (Phi) is 5.66. The molecule has 4 heteroatoms. The van der Waals surface area contributed by atoms with Gasteiger partial charge in [-0.05, 0) is 30.7 Å². The Bertz CT molecular complexity index is 980. The maximum atomic E-state index is 9.56. The van der Waals surface area contributed by atoms with E-state index in [9.17, 15) is 5.26 Å². The van der Waals surface area contributed by atoms with Gasteiger partial charge >= 0.3 is 0 Å². The van der Waals surface area contributed by atoms with Gasteiger partial charge in [-0.2, -0.15) is 5.26 Å². The van der Waals surface area contributed by atoms with Crippen molar-refractivity contribution in [1.29, 1.82) is 5.26 Å². The van der Waals surface area contributed by atoms with Gasteiger partial charge in [-0.1, -0.05) is 49.4 Å². The second kappa shape index (κ2) is 8.52. The zero-order chi connectivity index (χ0) is 19.3. The molecule has 1 aromatic heterocycles. The van der Waals surface area contributed by atoms with Gasteiger partial charge in [0.1, 0.15) is 6.07 Å². The molecule has 0 spiro atoms. The second-order valence-corrected chi connectivity index (χ2v) is 7.41. The van der Waals surface area contributed by atoms with Gasteiger partial charge in [0.25, 0.3) is 0 Å². The van der Waals surface area contributed by atoms with Crippen molar-refractivity contribution in [3.8, 4) is 17.3 Å². The van der Waals surface area contributed by atoms with Crippen molar-refractivity contribution in [3.05, 3.63) is 65.7 Å². The lowest BCUT2D eigenvalue weighted by Crippen LogP contribution is -2.46. The van der Waals surface area contributed by atoms with E-state index in [-0.39, 0.29) is 0 Å². The molecule has 4 nitrogen and oxygen atoms in total. The van der Waals surface area contributed by atoms with Crippen molar-refractivity contribution in [2.45, 2.75) is 13.3 Å². The molecule has 1 aliphatic rings. The minimum atomic E-state index is 0.625. The molecule has 0 bridgehead atoms. The average molecular weight is 371 g/mol. The summed E-state index contributed by atoms with van der Waals surface area (Å²) in [6.07, 6.45) is 1.06. The third-order valence-electron chi connectivity index (χ3n) is 5.70. The summed E-state index contributed by atoms with van der Waals surface area (Å²) in [5.41, 5.74) is 4.65. The molecule has 0 N–H and O–H groups in total. The van der Waals surface area contributed by atoms with Gasteiger partial charge in [-0.25, -0.2) is 4.98 Å². The number of piperazine rings is 1. The highest BCUT2D eigenvalue weighted by molar-refractivity contribution is 5.84. The fourth-order valence-electron chi connectivity index (χ4n) is 3.87. The first kappa shape index (κ1) is 18.6. The maximum absolute atomic E-state index is 9.56. The van der Waals surface area contributed by atoms with Gasteiger partial charge in [-0.15, -0.1) is 0 Å². The molecule has 1 fully saturated rings. The van der Waals surface area contributed by atoms with Crippen LogP contribution < -0.4 is 0 Å². The summed E-state index contributed by atoms with van der Waals surface area (Å²) in [4.78, 5) is 9.81. The number of rotatable bonds is 5. The van der Waals surface area contributed by atoms with Gasteiger partial charge in [0, 0.05) is 43.7 Å². The normalized spacial score (nSPS) is 15.6. The summed E-state index contributed by atoms with van der Waals surface area (Å²) < 4.78 is 0. The molecular weight excluding hydrogens is 344 g/mol. The van der Waals surface area contributed by atoms with Crippen LogP contribution in [-0.4, -0.2) is 54.1 Å². The molecule has 0 aliphatic carbocycles. The van der Waals surface area contributed by atoms with Crippen molar-refractivity contribution in [1.82, 2.24) is 14.8 Å². The SMILES string of the molecule is CCN1CCN(CCc2ccc(-c3nc4ccccc4cc3C#N)cc2)CC1. The number of hydrogen-bond donors (Lipinski definition) is 0. The highest BCUT2D eigenvalue weighted by Crippen LogP contribution is 2.25. The predicted molar refractivity (Wildman–Crippen MR) is 114 cm³/mol. The predicted octanol–water partition coefficient (Wildman–Crippen LogP) is 3.95. The van der Waals surface area contributed by atoms with Crippen molar-refractivity contribution < 1.29 is 0 Å². The van der Waals surface area contributed by atoms with Crippen LogP contribution in [0.25, 0.3) is 22.2 Å². The summed E-state index contributed by atoms with van der Waals surface area (Å²) >= 11 is 0. The van der Waals surface area contributed by atoms with Gasteiger partial charge in [0.15, 0.2) is 0 Å². The zero-order valence-electron chi connectivity index (χ0n) is 16.4. The van der Waals surface area contributed by atoms with E-state index >= 15 is 0 Å². The molecule has 1 aliphatic heterocycles. The maximum Gasteiger partial charge on any atom is 0.101 e. The van der Waals surface area contributed by atoms with Crippen molar-refractivity contribution in [3.63, 3.8) is 0 Å². The molecule has 4 rings (SSSR count). The number of likely N-dealkylation sites (N-methyl/N-ethyl adjacent to an activating group) is 1. The van der Waals surface area contributed by atoms with E-state index in [4.69, 9.17) is 4.98 Å². The van der Waals surface area contributed by atoms with E-state index < -0.39 is 0 Å². The number of pyridine rings is 1. The summed E-state index contributed by atoms with van der Waals surface area (Å²) in [5, 5.41) is 10.6.